The third-order valence-corrected chi connectivity index (χ3v) is 8.16. The SMILES string of the molecule is COc1c(NC(=O)Nc2ccc(C(c3ccnc(N(C)C)c3)c3ncc[nH]3)c3ccccc23)cc(C(C)(C)C)cc1NS(C)(=O)=O. The maximum absolute atomic E-state index is 13.5. The number of benzene rings is 3. The molecule has 0 saturated heterocycles. The second kappa shape index (κ2) is 12.7. The number of urea groups is 1. The number of sulfonamides is 1. The fourth-order valence-electron chi connectivity index (χ4n) is 5.39. The van der Waals surface area contributed by atoms with Crippen LogP contribution < -0.4 is 25.0 Å². The van der Waals surface area contributed by atoms with Crippen LogP contribution in [0.3, 0.4) is 0 Å². The van der Waals surface area contributed by atoms with Gasteiger partial charge in [0.05, 0.1) is 36.3 Å². The van der Waals surface area contributed by atoms with E-state index in [4.69, 9.17) is 4.74 Å². The highest BCUT2D eigenvalue weighted by molar-refractivity contribution is 7.92. The summed E-state index contributed by atoms with van der Waals surface area (Å²) in [5.74, 6) is 1.58. The van der Waals surface area contributed by atoms with Gasteiger partial charge in [-0.15, -0.1) is 0 Å². The van der Waals surface area contributed by atoms with E-state index in [-0.39, 0.29) is 22.8 Å². The van der Waals surface area contributed by atoms with Gasteiger partial charge in [-0.25, -0.2) is 23.2 Å². The summed E-state index contributed by atoms with van der Waals surface area (Å²) in [4.78, 5) is 27.9. The molecule has 5 rings (SSSR count). The van der Waals surface area contributed by atoms with Gasteiger partial charge in [0, 0.05) is 38.1 Å². The second-order valence-corrected chi connectivity index (χ2v) is 14.1. The summed E-state index contributed by atoms with van der Waals surface area (Å²) in [5.41, 5.74) is 3.64. The van der Waals surface area contributed by atoms with Crippen molar-refractivity contribution in [1.29, 1.82) is 0 Å². The van der Waals surface area contributed by atoms with Crippen molar-refractivity contribution in [3.05, 3.63) is 102 Å². The van der Waals surface area contributed by atoms with Crippen molar-refractivity contribution in [3.63, 3.8) is 0 Å². The molecule has 1 unspecified atom stereocenters. The zero-order chi connectivity index (χ0) is 33.2. The summed E-state index contributed by atoms with van der Waals surface area (Å²) in [6.45, 7) is 6.00. The smallest absolute Gasteiger partial charge is 0.323 e. The van der Waals surface area contributed by atoms with Gasteiger partial charge >= 0.3 is 6.03 Å². The van der Waals surface area contributed by atoms with Gasteiger partial charge in [-0.3, -0.25) is 4.72 Å². The van der Waals surface area contributed by atoms with Gasteiger partial charge in [0.2, 0.25) is 10.0 Å². The maximum atomic E-state index is 13.5. The molecule has 5 aromatic rings. The molecular formula is C34H39N7O4S. The van der Waals surface area contributed by atoms with E-state index >= 15 is 0 Å². The van der Waals surface area contributed by atoms with E-state index in [1.54, 1.807) is 30.7 Å². The number of hydrogen-bond acceptors (Lipinski definition) is 7. The molecule has 4 N–H and O–H groups in total. The molecule has 0 aliphatic rings. The minimum atomic E-state index is -3.62. The van der Waals surface area contributed by atoms with Gasteiger partial charge in [-0.2, -0.15) is 0 Å². The number of aromatic nitrogens is 3. The molecule has 0 aliphatic carbocycles. The van der Waals surface area contributed by atoms with E-state index in [1.807, 2.05) is 88.3 Å². The van der Waals surface area contributed by atoms with Crippen molar-refractivity contribution >= 4 is 49.7 Å². The normalized spacial score (nSPS) is 12.4. The number of imidazole rings is 1. The first kappa shape index (κ1) is 32.3. The lowest BCUT2D eigenvalue weighted by Crippen LogP contribution is -2.22. The average Bonchev–Trinajstić information content (AvgIpc) is 3.51. The van der Waals surface area contributed by atoms with Crippen LogP contribution in [0.4, 0.5) is 27.7 Å². The summed E-state index contributed by atoms with van der Waals surface area (Å²) >= 11 is 0. The van der Waals surface area contributed by atoms with Crippen LogP contribution in [0.25, 0.3) is 10.8 Å². The van der Waals surface area contributed by atoms with E-state index in [2.05, 4.69) is 30.3 Å². The minimum Gasteiger partial charge on any atom is -0.492 e. The van der Waals surface area contributed by atoms with Crippen LogP contribution >= 0.6 is 0 Å². The Bertz CT molecular complexity index is 1990. The van der Waals surface area contributed by atoms with E-state index < -0.39 is 16.1 Å². The lowest BCUT2D eigenvalue weighted by Gasteiger charge is -2.24. The summed E-state index contributed by atoms with van der Waals surface area (Å²) in [5, 5.41) is 7.65. The highest BCUT2D eigenvalue weighted by Gasteiger charge is 2.25. The Morgan fingerprint density at radius 1 is 0.913 bits per heavy atom. The Labute approximate surface area is 269 Å². The van der Waals surface area contributed by atoms with Gasteiger partial charge in [0.25, 0.3) is 0 Å². The molecule has 1 atom stereocenters. The van der Waals surface area contributed by atoms with Gasteiger partial charge in [-0.1, -0.05) is 51.1 Å². The molecule has 11 nitrogen and oxygen atoms in total. The monoisotopic (exact) mass is 641 g/mol. The Morgan fingerprint density at radius 3 is 2.24 bits per heavy atom. The van der Waals surface area contributed by atoms with Crippen molar-refractivity contribution < 1.29 is 17.9 Å². The fraction of sp³-hybridized carbons (Fsp3) is 0.265. The number of hydrogen-bond donors (Lipinski definition) is 4. The molecular weight excluding hydrogens is 602 g/mol. The van der Waals surface area contributed by atoms with E-state index in [9.17, 15) is 13.2 Å². The number of nitrogens with one attached hydrogen (secondary N) is 4. The summed E-state index contributed by atoms with van der Waals surface area (Å²) in [6, 6.07) is 18.8. The average molecular weight is 642 g/mol. The Kier molecular flexibility index (Phi) is 8.93. The third-order valence-electron chi connectivity index (χ3n) is 7.57. The molecule has 46 heavy (non-hydrogen) atoms. The third kappa shape index (κ3) is 7.07. The number of nitrogens with zero attached hydrogens (tertiary/aromatic N) is 3. The molecule has 2 heterocycles. The van der Waals surface area contributed by atoms with Crippen molar-refractivity contribution in [2.24, 2.45) is 0 Å². The molecule has 2 aromatic heterocycles. The van der Waals surface area contributed by atoms with E-state index in [1.165, 1.54) is 7.11 Å². The number of ether oxygens (including phenoxy) is 1. The Morgan fingerprint density at radius 2 is 1.61 bits per heavy atom. The predicted octanol–water partition coefficient (Wildman–Crippen LogP) is 6.53. The van der Waals surface area contributed by atoms with Crippen molar-refractivity contribution in [2.45, 2.75) is 32.1 Å². The standard InChI is InChI=1S/C34H39N7O4S/c1-34(2,3)22-19-27(31(45-6)28(20-22)40-46(7,43)44)39-33(42)38-26-13-12-25(23-10-8-9-11-24(23)26)30(32-36-16-17-37-32)21-14-15-35-29(18-21)41(4)5/h8-20,30,40H,1-7H3,(H,36,37)(H2,38,39,42). The van der Waals surface area contributed by atoms with Crippen LogP contribution in [0.2, 0.25) is 0 Å². The van der Waals surface area contributed by atoms with E-state index in [0.717, 1.165) is 45.4 Å². The second-order valence-electron chi connectivity index (χ2n) is 12.3. The predicted molar refractivity (Wildman–Crippen MR) is 185 cm³/mol. The van der Waals surface area contributed by atoms with Crippen LogP contribution in [0, 0.1) is 0 Å². The number of methoxy groups -OCH3 is 1. The number of rotatable bonds is 9. The van der Waals surface area contributed by atoms with Gasteiger partial charge < -0.3 is 25.3 Å². The molecule has 0 fully saturated rings. The first-order chi connectivity index (χ1) is 21.7. The van der Waals surface area contributed by atoms with E-state index in [0.29, 0.717) is 11.4 Å². The Balaban J connectivity index is 1.54. The minimum absolute atomic E-state index is 0.199. The fourth-order valence-corrected chi connectivity index (χ4v) is 5.94. The van der Waals surface area contributed by atoms with Gasteiger partial charge in [0.1, 0.15) is 11.6 Å². The van der Waals surface area contributed by atoms with Crippen LogP contribution in [0.1, 0.15) is 49.2 Å². The summed E-state index contributed by atoms with van der Waals surface area (Å²) < 4.78 is 32.4. The molecule has 0 spiro atoms. The van der Waals surface area contributed by atoms with Crippen molar-refractivity contribution in [1.82, 2.24) is 15.0 Å². The topological polar surface area (TPSA) is 141 Å². The number of carbonyl (C=O) groups excluding carboxylic acids is 1. The van der Waals surface area contributed by atoms with Crippen LogP contribution in [0.15, 0.2) is 79.3 Å². The quantitative estimate of drug-likeness (QED) is 0.143. The molecule has 0 radical (unpaired) electrons. The molecule has 0 aliphatic heterocycles. The highest BCUT2D eigenvalue weighted by atomic mass is 32.2. The lowest BCUT2D eigenvalue weighted by molar-refractivity contribution is 0.262. The molecule has 2 amide bonds. The van der Waals surface area contributed by atoms with Crippen LogP contribution in [-0.2, 0) is 15.4 Å². The zero-order valence-electron chi connectivity index (χ0n) is 27.0. The number of pyridine rings is 1. The number of H-pyrrole nitrogens is 1. The van der Waals surface area contributed by atoms with Crippen molar-refractivity contribution in [3.8, 4) is 5.75 Å². The number of amides is 2. The van der Waals surface area contributed by atoms with Crippen LogP contribution in [-0.4, -0.2) is 56.9 Å². The van der Waals surface area contributed by atoms with Crippen LogP contribution in [0.5, 0.6) is 5.75 Å². The molecule has 0 bridgehead atoms. The summed E-state index contributed by atoms with van der Waals surface area (Å²) in [7, 11) is 1.71. The molecule has 3 aromatic carbocycles. The molecule has 240 valence electrons. The largest absolute Gasteiger partial charge is 0.492 e. The lowest BCUT2D eigenvalue weighted by atomic mass is 9.86. The number of aromatic amines is 1. The Hall–Kier alpha value is -5.10. The van der Waals surface area contributed by atoms with Gasteiger partial charge in [0.15, 0.2) is 5.75 Å². The zero-order valence-corrected chi connectivity index (χ0v) is 27.8. The maximum Gasteiger partial charge on any atom is 0.323 e. The number of fused-ring (bicyclic) bond motifs is 1. The number of carbonyl (C=O) groups is 1. The summed E-state index contributed by atoms with van der Waals surface area (Å²) in [6.07, 6.45) is 6.40. The molecule has 12 heteroatoms. The van der Waals surface area contributed by atoms with Gasteiger partial charge in [-0.05, 0) is 57.8 Å². The van der Waals surface area contributed by atoms with Crippen molar-refractivity contribution in [2.75, 3.05) is 47.7 Å². The first-order valence-electron chi connectivity index (χ1n) is 14.7. The number of anilines is 4. The molecule has 0 saturated carbocycles. The first-order valence-corrected chi connectivity index (χ1v) is 16.6. The highest BCUT2D eigenvalue weighted by Crippen LogP contribution is 2.40.